The van der Waals surface area contributed by atoms with Crippen molar-refractivity contribution in [2.75, 3.05) is 6.61 Å². The Bertz CT molecular complexity index is 535. The molecule has 0 bridgehead atoms. The fourth-order valence-corrected chi connectivity index (χ4v) is 1.79. The predicted molar refractivity (Wildman–Crippen MR) is 61.7 cm³/mol. The molecule has 1 aromatic carbocycles. The molecule has 0 saturated carbocycles. The van der Waals surface area contributed by atoms with Crippen molar-refractivity contribution in [3.8, 4) is 6.07 Å². The van der Waals surface area contributed by atoms with Crippen molar-refractivity contribution in [1.82, 2.24) is 0 Å². The fraction of sp³-hybridized carbons (Fsp3) is 0.333. The summed E-state index contributed by atoms with van der Waals surface area (Å²) in [5.74, 6) is -1.38. The molecule has 0 aliphatic rings. The van der Waals surface area contributed by atoms with Crippen LogP contribution in [0.2, 0.25) is 0 Å². The number of hydrogen-bond acceptors (Lipinski definition) is 3. The second-order valence-corrected chi connectivity index (χ2v) is 3.78. The first-order chi connectivity index (χ1) is 8.85. The fourth-order valence-electron chi connectivity index (χ4n) is 1.50. The first kappa shape index (κ1) is 15.3. The van der Waals surface area contributed by atoms with Crippen LogP contribution in [0.25, 0.3) is 0 Å². The topological polar surface area (TPSA) is 50.1 Å². The number of carbonyl (C=O) groups is 1. The van der Waals surface area contributed by atoms with Crippen LogP contribution < -0.4 is 0 Å². The van der Waals surface area contributed by atoms with E-state index in [2.05, 4.69) is 4.74 Å². The van der Waals surface area contributed by atoms with Gasteiger partial charge in [-0.25, -0.2) is 4.79 Å². The Kier molecular flexibility index (Phi) is 4.78. The Labute approximate surface area is 112 Å². The van der Waals surface area contributed by atoms with Crippen LogP contribution in [-0.4, -0.2) is 12.6 Å². The highest BCUT2D eigenvalue weighted by atomic mass is 35.5. The maximum atomic E-state index is 12.9. The number of benzene rings is 1. The van der Waals surface area contributed by atoms with Gasteiger partial charge in [0.15, 0.2) is 0 Å². The van der Waals surface area contributed by atoms with E-state index in [-0.39, 0.29) is 23.3 Å². The van der Waals surface area contributed by atoms with E-state index in [0.717, 1.165) is 6.07 Å². The normalized spacial score (nSPS) is 10.9. The van der Waals surface area contributed by atoms with Gasteiger partial charge in [-0.3, -0.25) is 0 Å². The molecule has 0 spiro atoms. The summed E-state index contributed by atoms with van der Waals surface area (Å²) >= 11 is 5.45. The summed E-state index contributed by atoms with van der Waals surface area (Å²) in [6.07, 6.45) is -4.70. The van der Waals surface area contributed by atoms with Crippen LogP contribution in [0.5, 0.6) is 0 Å². The number of esters is 1. The number of hydrogen-bond donors (Lipinski definition) is 0. The number of alkyl halides is 4. The zero-order chi connectivity index (χ0) is 14.6. The molecule has 0 heterocycles. The third-order valence-corrected chi connectivity index (χ3v) is 2.59. The zero-order valence-corrected chi connectivity index (χ0v) is 10.6. The molecule has 0 N–H and O–H groups in total. The van der Waals surface area contributed by atoms with E-state index in [0.29, 0.717) is 6.07 Å². The number of carbonyl (C=O) groups excluding carboxylic acids is 1. The summed E-state index contributed by atoms with van der Waals surface area (Å²) in [5, 5.41) is 8.85. The predicted octanol–water partition coefficient (Wildman–Crippen LogP) is 3.49. The lowest BCUT2D eigenvalue weighted by molar-refractivity contribution is -0.138. The number of nitriles is 1. The summed E-state index contributed by atoms with van der Waals surface area (Å²) in [7, 11) is 0. The summed E-state index contributed by atoms with van der Waals surface area (Å²) in [4.78, 5) is 11.5. The van der Waals surface area contributed by atoms with Crippen molar-refractivity contribution in [1.29, 1.82) is 5.26 Å². The van der Waals surface area contributed by atoms with Gasteiger partial charge in [-0.05, 0) is 24.6 Å². The first-order valence-electron chi connectivity index (χ1n) is 5.22. The Balaban J connectivity index is 3.48. The Morgan fingerprint density at radius 1 is 1.47 bits per heavy atom. The molecule has 7 heteroatoms. The smallest absolute Gasteiger partial charge is 0.416 e. The monoisotopic (exact) mass is 291 g/mol. The largest absolute Gasteiger partial charge is 0.462 e. The van der Waals surface area contributed by atoms with Crippen LogP contribution in [0.1, 0.15) is 34.0 Å². The first-order valence-corrected chi connectivity index (χ1v) is 5.75. The second-order valence-electron chi connectivity index (χ2n) is 3.51. The molecule has 0 aromatic heterocycles. The number of ether oxygens (including phenoxy) is 1. The molecule has 19 heavy (non-hydrogen) atoms. The van der Waals surface area contributed by atoms with Gasteiger partial charge in [-0.15, -0.1) is 11.6 Å². The van der Waals surface area contributed by atoms with E-state index in [9.17, 15) is 18.0 Å². The van der Waals surface area contributed by atoms with Crippen molar-refractivity contribution in [3.63, 3.8) is 0 Å². The summed E-state index contributed by atoms with van der Waals surface area (Å²) in [6, 6.07) is 3.30. The van der Waals surface area contributed by atoms with Crippen LogP contribution in [0.4, 0.5) is 13.2 Å². The quantitative estimate of drug-likeness (QED) is 0.632. The minimum atomic E-state index is -4.70. The van der Waals surface area contributed by atoms with Gasteiger partial charge in [-0.1, -0.05) is 0 Å². The average Bonchev–Trinajstić information content (AvgIpc) is 2.36. The highest BCUT2D eigenvalue weighted by Gasteiger charge is 2.35. The molecule has 0 radical (unpaired) electrons. The molecule has 0 unspecified atom stereocenters. The average molecular weight is 292 g/mol. The summed E-state index contributed by atoms with van der Waals surface area (Å²) in [5.41, 5.74) is -2.04. The lowest BCUT2D eigenvalue weighted by atomic mass is 9.99. The zero-order valence-electron chi connectivity index (χ0n) is 9.84. The molecule has 0 atom stereocenters. The van der Waals surface area contributed by atoms with Gasteiger partial charge in [0.1, 0.15) is 0 Å². The standard InChI is InChI=1S/C12H9ClF3NO2/c1-2-19-11(18)7-3-8(6-17)9(5-13)10(4-7)12(14,15)16/h3-4H,2,5H2,1H3. The third kappa shape index (κ3) is 3.38. The van der Waals surface area contributed by atoms with Gasteiger partial charge in [0.05, 0.1) is 29.4 Å². The molecule has 0 aliphatic heterocycles. The van der Waals surface area contributed by atoms with E-state index in [1.807, 2.05) is 0 Å². The molecular weight excluding hydrogens is 283 g/mol. The van der Waals surface area contributed by atoms with Crippen LogP contribution in [0.15, 0.2) is 12.1 Å². The van der Waals surface area contributed by atoms with Crippen LogP contribution in [0, 0.1) is 11.3 Å². The van der Waals surface area contributed by atoms with Crippen LogP contribution >= 0.6 is 11.6 Å². The maximum Gasteiger partial charge on any atom is 0.416 e. The lowest BCUT2D eigenvalue weighted by Gasteiger charge is -2.14. The van der Waals surface area contributed by atoms with Gasteiger partial charge in [-0.2, -0.15) is 18.4 Å². The van der Waals surface area contributed by atoms with E-state index in [4.69, 9.17) is 16.9 Å². The second kappa shape index (κ2) is 5.93. The van der Waals surface area contributed by atoms with Crippen molar-refractivity contribution in [2.24, 2.45) is 0 Å². The van der Waals surface area contributed by atoms with Gasteiger partial charge in [0.25, 0.3) is 0 Å². The van der Waals surface area contributed by atoms with Gasteiger partial charge >= 0.3 is 12.1 Å². The SMILES string of the molecule is CCOC(=O)c1cc(C#N)c(CCl)c(C(F)(F)F)c1. The molecule has 1 aromatic rings. The number of rotatable bonds is 3. The van der Waals surface area contributed by atoms with E-state index < -0.39 is 23.6 Å². The Morgan fingerprint density at radius 2 is 2.11 bits per heavy atom. The van der Waals surface area contributed by atoms with Gasteiger partial charge < -0.3 is 4.74 Å². The van der Waals surface area contributed by atoms with Gasteiger partial charge in [0, 0.05) is 5.88 Å². The number of halogens is 4. The molecule has 102 valence electrons. The maximum absolute atomic E-state index is 12.9. The molecule has 0 fully saturated rings. The van der Waals surface area contributed by atoms with Crippen LogP contribution in [0.3, 0.4) is 0 Å². The highest BCUT2D eigenvalue weighted by molar-refractivity contribution is 6.17. The molecule has 0 aliphatic carbocycles. The minimum absolute atomic E-state index is 0.0271. The van der Waals surface area contributed by atoms with Crippen molar-refractivity contribution >= 4 is 17.6 Å². The Hall–Kier alpha value is -1.74. The lowest BCUT2D eigenvalue weighted by Crippen LogP contribution is -2.14. The summed E-state index contributed by atoms with van der Waals surface area (Å²) in [6.45, 7) is 1.56. The van der Waals surface area contributed by atoms with Crippen LogP contribution in [-0.2, 0) is 16.8 Å². The molecule has 0 saturated heterocycles. The van der Waals surface area contributed by atoms with E-state index in [1.54, 1.807) is 6.07 Å². The third-order valence-electron chi connectivity index (χ3n) is 2.32. The molecule has 0 amide bonds. The van der Waals surface area contributed by atoms with Gasteiger partial charge in [0.2, 0.25) is 0 Å². The number of nitrogens with zero attached hydrogens (tertiary/aromatic N) is 1. The van der Waals surface area contributed by atoms with Crippen molar-refractivity contribution in [3.05, 3.63) is 34.4 Å². The summed E-state index contributed by atoms with van der Waals surface area (Å²) < 4.78 is 43.2. The van der Waals surface area contributed by atoms with E-state index >= 15 is 0 Å². The minimum Gasteiger partial charge on any atom is -0.462 e. The molecule has 1 rings (SSSR count). The highest BCUT2D eigenvalue weighted by Crippen LogP contribution is 2.35. The van der Waals surface area contributed by atoms with Crippen molar-refractivity contribution < 1.29 is 22.7 Å². The van der Waals surface area contributed by atoms with E-state index in [1.165, 1.54) is 6.92 Å². The van der Waals surface area contributed by atoms with Crippen molar-refractivity contribution in [2.45, 2.75) is 19.0 Å². The molecular formula is C12H9ClF3NO2. The Morgan fingerprint density at radius 3 is 2.53 bits per heavy atom. The molecule has 3 nitrogen and oxygen atoms in total.